The average molecular weight is 276 g/mol. The molecule has 0 spiro atoms. The van der Waals surface area contributed by atoms with Gasteiger partial charge in [-0.1, -0.05) is 37.3 Å². The van der Waals surface area contributed by atoms with Crippen molar-refractivity contribution >= 4 is 5.91 Å². The first-order valence-corrected chi connectivity index (χ1v) is 7.34. The molecule has 3 atom stereocenters. The Hall–Kier alpha value is -1.39. The van der Waals surface area contributed by atoms with Gasteiger partial charge in [0.15, 0.2) is 0 Å². The number of rotatable bonds is 4. The lowest BCUT2D eigenvalue weighted by atomic mass is 9.95. The number of piperidine rings is 1. The summed E-state index contributed by atoms with van der Waals surface area (Å²) in [5.74, 6) is 0.147. The van der Waals surface area contributed by atoms with Gasteiger partial charge in [0, 0.05) is 13.1 Å². The summed E-state index contributed by atoms with van der Waals surface area (Å²) in [6.45, 7) is 3.20. The van der Waals surface area contributed by atoms with Crippen LogP contribution in [-0.4, -0.2) is 41.1 Å². The Labute approximate surface area is 120 Å². The van der Waals surface area contributed by atoms with Crippen LogP contribution in [0.4, 0.5) is 0 Å². The zero-order valence-electron chi connectivity index (χ0n) is 12.0. The molecular formula is C16H24N2O2. The van der Waals surface area contributed by atoms with Crippen LogP contribution >= 0.6 is 0 Å². The van der Waals surface area contributed by atoms with Gasteiger partial charge in [-0.2, -0.15) is 0 Å². The maximum Gasteiger partial charge on any atom is 0.239 e. The zero-order chi connectivity index (χ0) is 14.5. The maximum atomic E-state index is 12.3. The quantitative estimate of drug-likeness (QED) is 0.867. The van der Waals surface area contributed by atoms with Crippen LogP contribution in [-0.2, 0) is 11.2 Å². The van der Waals surface area contributed by atoms with E-state index >= 15 is 0 Å². The van der Waals surface area contributed by atoms with Crippen LogP contribution in [0, 0.1) is 5.92 Å². The molecule has 0 radical (unpaired) electrons. The molecule has 1 fully saturated rings. The van der Waals surface area contributed by atoms with E-state index in [0.717, 1.165) is 6.42 Å². The molecule has 1 aromatic rings. The fourth-order valence-corrected chi connectivity index (χ4v) is 2.66. The van der Waals surface area contributed by atoms with Gasteiger partial charge in [0.05, 0.1) is 12.1 Å². The second-order valence-electron chi connectivity index (χ2n) is 5.75. The van der Waals surface area contributed by atoms with E-state index in [4.69, 9.17) is 5.73 Å². The lowest BCUT2D eigenvalue weighted by molar-refractivity contribution is -0.136. The molecule has 2 rings (SSSR count). The molecule has 1 amide bonds. The molecule has 1 aromatic carbocycles. The number of amides is 1. The predicted octanol–water partition coefficient (Wildman–Crippen LogP) is 1.18. The van der Waals surface area contributed by atoms with Crippen molar-refractivity contribution < 1.29 is 9.90 Å². The highest BCUT2D eigenvalue weighted by Gasteiger charge is 2.29. The molecule has 1 heterocycles. The van der Waals surface area contributed by atoms with E-state index in [9.17, 15) is 9.90 Å². The summed E-state index contributed by atoms with van der Waals surface area (Å²) in [6, 6.07) is 9.63. The Balaban J connectivity index is 1.83. The Kier molecular flexibility index (Phi) is 5.15. The highest BCUT2D eigenvalue weighted by atomic mass is 16.3. The zero-order valence-corrected chi connectivity index (χ0v) is 12.0. The number of carbonyl (C=O) groups is 1. The minimum atomic E-state index is -0.447. The Morgan fingerprint density at radius 2 is 2.15 bits per heavy atom. The molecular weight excluding hydrogens is 252 g/mol. The standard InChI is InChI=1S/C16H24N2O2/c1-12-11-18(10-9-15(12)19)16(20)14(17)8-7-13-5-3-2-4-6-13/h2-6,12,14-15,19H,7-11,17H2,1H3/t12?,14-,15?/m0/s1. The monoisotopic (exact) mass is 276 g/mol. The number of nitrogens with zero attached hydrogens (tertiary/aromatic N) is 1. The summed E-state index contributed by atoms with van der Waals surface area (Å²) >= 11 is 0. The van der Waals surface area contributed by atoms with Crippen molar-refractivity contribution in [3.8, 4) is 0 Å². The van der Waals surface area contributed by atoms with Crippen molar-refractivity contribution in [2.45, 2.75) is 38.3 Å². The van der Waals surface area contributed by atoms with Crippen LogP contribution in [0.15, 0.2) is 30.3 Å². The summed E-state index contributed by atoms with van der Waals surface area (Å²) in [4.78, 5) is 14.1. The van der Waals surface area contributed by atoms with Gasteiger partial charge >= 0.3 is 0 Å². The molecule has 0 aromatic heterocycles. The summed E-state index contributed by atoms with van der Waals surface area (Å²) in [7, 11) is 0. The van der Waals surface area contributed by atoms with Crippen molar-refractivity contribution in [1.82, 2.24) is 4.90 Å². The third-order valence-electron chi connectivity index (χ3n) is 4.08. The second kappa shape index (κ2) is 6.86. The summed E-state index contributed by atoms with van der Waals surface area (Å²) < 4.78 is 0. The summed E-state index contributed by atoms with van der Waals surface area (Å²) in [5, 5.41) is 9.70. The Bertz CT molecular complexity index is 435. The van der Waals surface area contributed by atoms with E-state index in [2.05, 4.69) is 12.1 Å². The molecule has 20 heavy (non-hydrogen) atoms. The number of carbonyl (C=O) groups excluding carboxylic acids is 1. The minimum absolute atomic E-state index is 0.0136. The molecule has 2 unspecified atom stereocenters. The number of nitrogens with two attached hydrogens (primary N) is 1. The molecule has 110 valence electrons. The van der Waals surface area contributed by atoms with Crippen molar-refractivity contribution in [1.29, 1.82) is 0 Å². The van der Waals surface area contributed by atoms with E-state index in [0.29, 0.717) is 25.9 Å². The van der Waals surface area contributed by atoms with Gasteiger partial charge in [-0.15, -0.1) is 0 Å². The van der Waals surface area contributed by atoms with Gasteiger partial charge in [0.2, 0.25) is 5.91 Å². The van der Waals surface area contributed by atoms with Crippen LogP contribution in [0.3, 0.4) is 0 Å². The topological polar surface area (TPSA) is 66.6 Å². The van der Waals surface area contributed by atoms with Gasteiger partial charge < -0.3 is 15.7 Å². The molecule has 0 bridgehead atoms. The van der Waals surface area contributed by atoms with Crippen LogP contribution in [0.1, 0.15) is 25.3 Å². The van der Waals surface area contributed by atoms with Crippen LogP contribution in [0.25, 0.3) is 0 Å². The fourth-order valence-electron chi connectivity index (χ4n) is 2.66. The number of aryl methyl sites for hydroxylation is 1. The van der Waals surface area contributed by atoms with E-state index in [1.165, 1.54) is 5.56 Å². The Morgan fingerprint density at radius 3 is 2.80 bits per heavy atom. The van der Waals surface area contributed by atoms with Crippen molar-refractivity contribution in [2.75, 3.05) is 13.1 Å². The first kappa shape index (κ1) is 15.0. The van der Waals surface area contributed by atoms with Crippen molar-refractivity contribution in [2.24, 2.45) is 11.7 Å². The largest absolute Gasteiger partial charge is 0.393 e. The summed E-state index contributed by atoms with van der Waals surface area (Å²) in [5.41, 5.74) is 7.23. The van der Waals surface area contributed by atoms with E-state index in [1.54, 1.807) is 4.90 Å². The fraction of sp³-hybridized carbons (Fsp3) is 0.562. The molecule has 0 aliphatic carbocycles. The van der Waals surface area contributed by atoms with Gasteiger partial charge in [0.25, 0.3) is 0 Å². The molecule has 1 saturated heterocycles. The first-order chi connectivity index (χ1) is 9.58. The highest BCUT2D eigenvalue weighted by Crippen LogP contribution is 2.17. The number of aliphatic hydroxyl groups is 1. The van der Waals surface area contributed by atoms with Crippen LogP contribution < -0.4 is 5.73 Å². The van der Waals surface area contributed by atoms with Crippen LogP contribution in [0.2, 0.25) is 0 Å². The predicted molar refractivity (Wildman–Crippen MR) is 79.1 cm³/mol. The summed E-state index contributed by atoms with van der Waals surface area (Å²) in [6.07, 6.45) is 1.84. The smallest absolute Gasteiger partial charge is 0.239 e. The number of likely N-dealkylation sites (tertiary alicyclic amines) is 1. The van der Waals surface area contributed by atoms with Crippen molar-refractivity contribution in [3.63, 3.8) is 0 Å². The number of aliphatic hydroxyl groups excluding tert-OH is 1. The van der Waals surface area contributed by atoms with Crippen molar-refractivity contribution in [3.05, 3.63) is 35.9 Å². The molecule has 3 N–H and O–H groups in total. The lowest BCUT2D eigenvalue weighted by Gasteiger charge is -2.35. The Morgan fingerprint density at radius 1 is 1.45 bits per heavy atom. The first-order valence-electron chi connectivity index (χ1n) is 7.34. The van der Waals surface area contributed by atoms with E-state index in [1.807, 2.05) is 25.1 Å². The third-order valence-corrected chi connectivity index (χ3v) is 4.08. The molecule has 4 nitrogen and oxygen atoms in total. The maximum absolute atomic E-state index is 12.3. The minimum Gasteiger partial charge on any atom is -0.393 e. The van der Waals surface area contributed by atoms with Gasteiger partial charge in [0.1, 0.15) is 0 Å². The average Bonchev–Trinajstić information content (AvgIpc) is 2.48. The van der Waals surface area contributed by atoms with Gasteiger partial charge in [-0.25, -0.2) is 0 Å². The molecule has 4 heteroatoms. The molecule has 1 aliphatic rings. The number of hydrogen-bond donors (Lipinski definition) is 2. The normalized spacial score (nSPS) is 24.4. The van der Waals surface area contributed by atoms with E-state index < -0.39 is 6.04 Å². The van der Waals surface area contributed by atoms with Crippen LogP contribution in [0.5, 0.6) is 0 Å². The number of hydrogen-bond acceptors (Lipinski definition) is 3. The highest BCUT2D eigenvalue weighted by molar-refractivity contribution is 5.81. The molecule has 0 saturated carbocycles. The second-order valence-corrected chi connectivity index (χ2v) is 5.75. The van der Waals surface area contributed by atoms with Gasteiger partial charge in [-0.05, 0) is 30.7 Å². The van der Waals surface area contributed by atoms with Gasteiger partial charge in [-0.3, -0.25) is 4.79 Å². The van der Waals surface area contributed by atoms with E-state index in [-0.39, 0.29) is 17.9 Å². The SMILES string of the molecule is CC1CN(C(=O)[C@@H](N)CCc2ccccc2)CCC1O. The molecule has 1 aliphatic heterocycles. The third kappa shape index (κ3) is 3.81. The number of benzene rings is 1. The lowest BCUT2D eigenvalue weighted by Crippen LogP contribution is -2.50.